The van der Waals surface area contributed by atoms with Crippen LogP contribution in [0, 0.1) is 0 Å². The average Bonchev–Trinajstić information content (AvgIpc) is 2.55. The fraction of sp³-hybridized carbons (Fsp3) is 0.562. The maximum atomic E-state index is 12.3. The van der Waals surface area contributed by atoms with E-state index in [9.17, 15) is 4.79 Å². The molecule has 22 heavy (non-hydrogen) atoms. The van der Waals surface area contributed by atoms with Gasteiger partial charge in [-0.05, 0) is 31.5 Å². The lowest BCUT2D eigenvalue weighted by Gasteiger charge is -2.29. The van der Waals surface area contributed by atoms with E-state index in [1.807, 2.05) is 25.1 Å². The van der Waals surface area contributed by atoms with E-state index < -0.39 is 0 Å². The zero-order chi connectivity index (χ0) is 15.9. The molecule has 0 atom stereocenters. The number of morpholine rings is 1. The maximum absolute atomic E-state index is 12.3. The van der Waals surface area contributed by atoms with Gasteiger partial charge >= 0.3 is 6.03 Å². The third-order valence-electron chi connectivity index (χ3n) is 3.73. The number of benzene rings is 1. The van der Waals surface area contributed by atoms with Gasteiger partial charge in [0.05, 0.1) is 23.9 Å². The number of nitrogens with zero attached hydrogens (tertiary/aromatic N) is 2. The Morgan fingerprint density at radius 1 is 1.36 bits per heavy atom. The van der Waals surface area contributed by atoms with Gasteiger partial charge < -0.3 is 19.9 Å². The van der Waals surface area contributed by atoms with E-state index in [2.05, 4.69) is 17.1 Å². The minimum atomic E-state index is -0.106. The normalized spacial score (nSPS) is 14.8. The van der Waals surface area contributed by atoms with Crippen LogP contribution in [0.1, 0.15) is 20.3 Å². The van der Waals surface area contributed by atoms with Gasteiger partial charge in [0.2, 0.25) is 0 Å². The first-order valence-corrected chi connectivity index (χ1v) is 8.21. The van der Waals surface area contributed by atoms with Crippen molar-refractivity contribution in [3.63, 3.8) is 0 Å². The van der Waals surface area contributed by atoms with Crippen LogP contribution in [0.3, 0.4) is 0 Å². The number of ether oxygens (including phenoxy) is 1. The largest absolute Gasteiger partial charge is 0.378 e. The molecule has 1 aromatic carbocycles. The Bertz CT molecular complexity index is 504. The van der Waals surface area contributed by atoms with Gasteiger partial charge in [0.1, 0.15) is 0 Å². The molecule has 1 heterocycles. The smallest absolute Gasteiger partial charge is 0.321 e. The van der Waals surface area contributed by atoms with Crippen LogP contribution in [-0.2, 0) is 4.74 Å². The summed E-state index contributed by atoms with van der Waals surface area (Å²) in [4.78, 5) is 16.3. The van der Waals surface area contributed by atoms with Crippen LogP contribution in [-0.4, -0.2) is 50.3 Å². The molecule has 0 unspecified atom stereocenters. The van der Waals surface area contributed by atoms with Crippen LogP contribution in [0.25, 0.3) is 0 Å². The quantitative estimate of drug-likeness (QED) is 0.902. The van der Waals surface area contributed by atoms with Gasteiger partial charge in [0, 0.05) is 31.9 Å². The minimum absolute atomic E-state index is 0.106. The molecule has 1 fully saturated rings. The number of amides is 2. The van der Waals surface area contributed by atoms with E-state index >= 15 is 0 Å². The van der Waals surface area contributed by atoms with E-state index in [0.717, 1.165) is 45.0 Å². The first-order valence-electron chi connectivity index (χ1n) is 7.83. The highest BCUT2D eigenvalue weighted by molar-refractivity contribution is 6.33. The summed E-state index contributed by atoms with van der Waals surface area (Å²) in [6, 6.07) is 5.64. The highest BCUT2D eigenvalue weighted by Crippen LogP contribution is 2.28. The lowest BCUT2D eigenvalue weighted by atomic mass is 10.2. The van der Waals surface area contributed by atoms with Crippen molar-refractivity contribution in [2.24, 2.45) is 0 Å². The number of urea groups is 1. The van der Waals surface area contributed by atoms with Crippen molar-refractivity contribution in [3.05, 3.63) is 23.2 Å². The summed E-state index contributed by atoms with van der Waals surface area (Å²) in [7, 11) is 0. The Balaban J connectivity index is 2.10. The molecule has 2 rings (SSSR count). The Hall–Kier alpha value is -1.46. The van der Waals surface area contributed by atoms with Crippen molar-refractivity contribution in [2.45, 2.75) is 20.3 Å². The Morgan fingerprint density at radius 2 is 2.09 bits per heavy atom. The number of carbonyl (C=O) groups is 1. The highest BCUT2D eigenvalue weighted by atomic mass is 35.5. The van der Waals surface area contributed by atoms with Crippen molar-refractivity contribution in [3.8, 4) is 0 Å². The topological polar surface area (TPSA) is 44.8 Å². The minimum Gasteiger partial charge on any atom is -0.378 e. The first-order chi connectivity index (χ1) is 10.7. The van der Waals surface area contributed by atoms with Crippen LogP contribution in [0.2, 0.25) is 5.02 Å². The molecule has 1 aliphatic heterocycles. The van der Waals surface area contributed by atoms with Crippen molar-refractivity contribution in [1.82, 2.24) is 4.90 Å². The lowest BCUT2D eigenvalue weighted by molar-refractivity contribution is 0.122. The number of carbonyl (C=O) groups excluding carboxylic acids is 1. The molecule has 0 bridgehead atoms. The van der Waals surface area contributed by atoms with Gasteiger partial charge in [0.15, 0.2) is 0 Å². The zero-order valence-corrected chi connectivity index (χ0v) is 14.0. The molecule has 2 amide bonds. The van der Waals surface area contributed by atoms with E-state index in [1.54, 1.807) is 4.90 Å². The standard InChI is InChI=1S/C16H24ClN3O2/c1-3-7-19(4-2)16(21)18-15-12-13(5-6-14(15)17)20-8-10-22-11-9-20/h5-6,12H,3-4,7-11H2,1-2H3,(H,18,21). The number of hydrogen-bond donors (Lipinski definition) is 1. The molecule has 1 aliphatic rings. The molecule has 6 heteroatoms. The lowest BCUT2D eigenvalue weighted by Crippen LogP contribution is -2.37. The van der Waals surface area contributed by atoms with Crippen molar-refractivity contribution in [1.29, 1.82) is 0 Å². The molecule has 5 nitrogen and oxygen atoms in total. The summed E-state index contributed by atoms with van der Waals surface area (Å²) in [5.41, 5.74) is 1.71. The molecule has 122 valence electrons. The van der Waals surface area contributed by atoms with Gasteiger partial charge in [-0.25, -0.2) is 4.79 Å². The van der Waals surface area contributed by atoms with Crippen LogP contribution >= 0.6 is 11.6 Å². The Kier molecular flexibility index (Phi) is 6.34. The Morgan fingerprint density at radius 3 is 2.73 bits per heavy atom. The van der Waals surface area contributed by atoms with Crippen LogP contribution < -0.4 is 10.2 Å². The molecule has 1 N–H and O–H groups in total. The number of nitrogens with one attached hydrogen (secondary N) is 1. The van der Waals surface area contributed by atoms with E-state index in [-0.39, 0.29) is 6.03 Å². The first kappa shape index (κ1) is 16.9. The van der Waals surface area contributed by atoms with Crippen LogP contribution in [0.15, 0.2) is 18.2 Å². The van der Waals surface area contributed by atoms with Crippen molar-refractivity contribution >= 4 is 29.0 Å². The van der Waals surface area contributed by atoms with Gasteiger partial charge in [-0.2, -0.15) is 0 Å². The third kappa shape index (κ3) is 4.27. The molecule has 0 aliphatic carbocycles. The summed E-state index contributed by atoms with van der Waals surface area (Å²) in [6.07, 6.45) is 0.933. The maximum Gasteiger partial charge on any atom is 0.321 e. The predicted octanol–water partition coefficient (Wildman–Crippen LogP) is 3.44. The number of hydrogen-bond acceptors (Lipinski definition) is 3. The predicted molar refractivity (Wildman–Crippen MR) is 91.0 cm³/mol. The number of anilines is 2. The summed E-state index contributed by atoms with van der Waals surface area (Å²) in [5.74, 6) is 0. The summed E-state index contributed by atoms with van der Waals surface area (Å²) < 4.78 is 5.37. The molecule has 0 radical (unpaired) electrons. The zero-order valence-electron chi connectivity index (χ0n) is 13.3. The Labute approximate surface area is 137 Å². The van der Waals surface area contributed by atoms with Crippen molar-refractivity contribution < 1.29 is 9.53 Å². The van der Waals surface area contributed by atoms with E-state index in [4.69, 9.17) is 16.3 Å². The number of rotatable bonds is 5. The monoisotopic (exact) mass is 325 g/mol. The fourth-order valence-electron chi connectivity index (χ4n) is 2.49. The van der Waals surface area contributed by atoms with E-state index in [1.165, 1.54) is 0 Å². The van der Waals surface area contributed by atoms with Crippen molar-refractivity contribution in [2.75, 3.05) is 49.6 Å². The molecule has 0 aromatic heterocycles. The van der Waals surface area contributed by atoms with Gasteiger partial charge in [0.25, 0.3) is 0 Å². The van der Waals surface area contributed by atoms with Crippen LogP contribution in [0.5, 0.6) is 0 Å². The summed E-state index contributed by atoms with van der Waals surface area (Å²) in [5, 5.41) is 3.48. The van der Waals surface area contributed by atoms with Crippen LogP contribution in [0.4, 0.5) is 16.2 Å². The molecule has 1 saturated heterocycles. The average molecular weight is 326 g/mol. The highest BCUT2D eigenvalue weighted by Gasteiger charge is 2.15. The second-order valence-corrected chi connectivity index (χ2v) is 5.68. The fourth-order valence-corrected chi connectivity index (χ4v) is 2.66. The molecule has 0 spiro atoms. The number of halogens is 1. The second kappa shape index (κ2) is 8.25. The molecular formula is C16H24ClN3O2. The summed E-state index contributed by atoms with van der Waals surface area (Å²) in [6.45, 7) is 8.61. The molecular weight excluding hydrogens is 302 g/mol. The second-order valence-electron chi connectivity index (χ2n) is 5.27. The summed E-state index contributed by atoms with van der Waals surface area (Å²) >= 11 is 6.23. The SMILES string of the molecule is CCCN(CC)C(=O)Nc1cc(N2CCOCC2)ccc1Cl. The van der Waals surface area contributed by atoms with Gasteiger partial charge in [-0.3, -0.25) is 0 Å². The van der Waals surface area contributed by atoms with E-state index in [0.29, 0.717) is 17.3 Å². The molecule has 1 aromatic rings. The molecule has 0 saturated carbocycles. The van der Waals surface area contributed by atoms with Gasteiger partial charge in [-0.1, -0.05) is 18.5 Å². The van der Waals surface area contributed by atoms with Gasteiger partial charge in [-0.15, -0.1) is 0 Å². The third-order valence-corrected chi connectivity index (χ3v) is 4.06.